The Morgan fingerprint density at radius 3 is 2.37 bits per heavy atom. The third kappa shape index (κ3) is 7.91. The van der Waals surface area contributed by atoms with Crippen LogP contribution in [0.25, 0.3) is 0 Å². The Balaban J connectivity index is 2.88. The summed E-state index contributed by atoms with van der Waals surface area (Å²) in [7, 11) is 0. The number of hydrogen-bond donors (Lipinski definition) is 5. The van der Waals surface area contributed by atoms with Crippen LogP contribution in [0.2, 0.25) is 0 Å². The smallest absolute Gasteiger partial charge is 0.325 e. The summed E-state index contributed by atoms with van der Waals surface area (Å²) in [6.45, 7) is 6.14. The Kier molecular flexibility index (Phi) is 10.8. The third-order valence-corrected chi connectivity index (χ3v) is 5.19. The van der Waals surface area contributed by atoms with Crippen molar-refractivity contribution in [2.45, 2.75) is 83.5 Å². The molecule has 1 heterocycles. The summed E-state index contributed by atoms with van der Waals surface area (Å²) in [5.74, 6) is -2.16. The van der Waals surface area contributed by atoms with Gasteiger partial charge in [0, 0.05) is 6.54 Å². The third-order valence-electron chi connectivity index (χ3n) is 5.19. The predicted molar refractivity (Wildman–Crippen MR) is 112 cm³/mol. The highest BCUT2D eigenvalue weighted by Gasteiger charge is 2.38. The van der Waals surface area contributed by atoms with Gasteiger partial charge in [0.25, 0.3) is 0 Å². The van der Waals surface area contributed by atoms with E-state index in [4.69, 9.17) is 16.6 Å². The van der Waals surface area contributed by atoms with Crippen LogP contribution >= 0.6 is 0 Å². The minimum absolute atomic E-state index is 0.236. The van der Waals surface area contributed by atoms with Gasteiger partial charge in [-0.3, -0.25) is 19.2 Å². The fraction of sp³-hybridized carbons (Fsp3) is 0.800. The average Bonchev–Trinajstić information content (AvgIpc) is 3.15. The minimum atomic E-state index is -1.15. The van der Waals surface area contributed by atoms with Crippen LogP contribution in [0.5, 0.6) is 0 Å². The highest BCUT2D eigenvalue weighted by atomic mass is 16.4. The Morgan fingerprint density at radius 2 is 1.80 bits per heavy atom. The number of carboxylic acids is 1. The van der Waals surface area contributed by atoms with E-state index in [0.29, 0.717) is 51.6 Å². The molecule has 0 saturated carbocycles. The first-order valence-corrected chi connectivity index (χ1v) is 10.7. The molecule has 7 N–H and O–H groups in total. The average molecular weight is 428 g/mol. The number of unbranched alkanes of at least 4 members (excludes halogenated alkanes) is 1. The summed E-state index contributed by atoms with van der Waals surface area (Å²) in [4.78, 5) is 50.7. The van der Waals surface area contributed by atoms with Crippen LogP contribution in [0.4, 0.5) is 0 Å². The van der Waals surface area contributed by atoms with E-state index in [9.17, 15) is 19.2 Å². The molecule has 172 valence electrons. The van der Waals surface area contributed by atoms with Gasteiger partial charge in [-0.1, -0.05) is 13.8 Å². The fourth-order valence-electron chi connectivity index (χ4n) is 3.52. The zero-order chi connectivity index (χ0) is 22.8. The van der Waals surface area contributed by atoms with Crippen LogP contribution in [0, 0.1) is 5.92 Å². The minimum Gasteiger partial charge on any atom is -0.480 e. The topological polar surface area (TPSA) is 168 Å². The van der Waals surface area contributed by atoms with Gasteiger partial charge in [-0.15, -0.1) is 0 Å². The largest absolute Gasteiger partial charge is 0.480 e. The summed E-state index contributed by atoms with van der Waals surface area (Å²) in [6, 6.07) is -3.32. The molecule has 1 saturated heterocycles. The van der Waals surface area contributed by atoms with E-state index < -0.39 is 42.0 Å². The first kappa shape index (κ1) is 25.8. The molecule has 0 aliphatic carbocycles. The van der Waals surface area contributed by atoms with Gasteiger partial charge in [0.1, 0.15) is 18.1 Å². The number of rotatable bonds is 12. The number of amides is 3. The van der Waals surface area contributed by atoms with Gasteiger partial charge in [-0.2, -0.15) is 0 Å². The van der Waals surface area contributed by atoms with Gasteiger partial charge >= 0.3 is 5.97 Å². The molecule has 0 radical (unpaired) electrons. The molecule has 0 aromatic carbocycles. The van der Waals surface area contributed by atoms with E-state index in [1.807, 2.05) is 13.8 Å². The molecule has 1 rings (SSSR count). The monoisotopic (exact) mass is 427 g/mol. The molecule has 1 aliphatic rings. The van der Waals surface area contributed by atoms with Gasteiger partial charge in [-0.05, 0) is 57.9 Å². The van der Waals surface area contributed by atoms with E-state index in [1.54, 1.807) is 0 Å². The van der Waals surface area contributed by atoms with Crippen LogP contribution in [0.3, 0.4) is 0 Å². The molecular formula is C20H37N5O5. The Labute approximate surface area is 178 Å². The molecule has 4 unspecified atom stereocenters. The van der Waals surface area contributed by atoms with E-state index in [2.05, 4.69) is 10.6 Å². The molecule has 0 bridgehead atoms. The first-order valence-electron chi connectivity index (χ1n) is 10.7. The maximum Gasteiger partial charge on any atom is 0.325 e. The van der Waals surface area contributed by atoms with Crippen LogP contribution in [0.15, 0.2) is 0 Å². The Morgan fingerprint density at radius 1 is 1.13 bits per heavy atom. The van der Waals surface area contributed by atoms with Gasteiger partial charge in [0.15, 0.2) is 0 Å². The highest BCUT2D eigenvalue weighted by Crippen LogP contribution is 2.20. The van der Waals surface area contributed by atoms with Crippen molar-refractivity contribution in [3.05, 3.63) is 0 Å². The molecule has 1 fully saturated rings. The first-order chi connectivity index (χ1) is 14.1. The van der Waals surface area contributed by atoms with Gasteiger partial charge in [-0.25, -0.2) is 0 Å². The molecular weight excluding hydrogens is 390 g/mol. The summed E-state index contributed by atoms with van der Waals surface area (Å²) < 4.78 is 0. The Bertz CT molecular complexity index is 612. The molecule has 10 nitrogen and oxygen atoms in total. The SMILES string of the molecule is CC(C)CC(N)C(=O)NC(CCCCN)C(=O)N1CCCC1C(=O)NC(C)C(=O)O. The second kappa shape index (κ2) is 12.5. The quantitative estimate of drug-likeness (QED) is 0.263. The standard InChI is InChI=1S/C20H37N5O5/c1-12(2)11-14(22)17(26)24-15(7-4-5-9-21)19(28)25-10-6-8-16(25)18(27)23-13(3)20(29)30/h12-16H,4-11,21-22H2,1-3H3,(H,23,27)(H,24,26)(H,29,30). The van der Waals surface area contributed by atoms with Crippen molar-refractivity contribution < 1.29 is 24.3 Å². The van der Waals surface area contributed by atoms with E-state index in [0.717, 1.165) is 0 Å². The number of likely N-dealkylation sites (tertiary alicyclic amines) is 1. The molecule has 0 spiro atoms. The second-order valence-corrected chi connectivity index (χ2v) is 8.34. The molecule has 10 heteroatoms. The van der Waals surface area contributed by atoms with Gasteiger partial charge < -0.3 is 32.1 Å². The van der Waals surface area contributed by atoms with E-state index in [-0.39, 0.29) is 11.8 Å². The summed E-state index contributed by atoms with van der Waals surface area (Å²) in [5.41, 5.74) is 11.5. The lowest BCUT2D eigenvalue weighted by molar-refractivity contribution is -0.144. The number of nitrogens with one attached hydrogen (secondary N) is 2. The number of carbonyl (C=O) groups excluding carboxylic acids is 3. The number of nitrogens with zero attached hydrogens (tertiary/aromatic N) is 1. The second-order valence-electron chi connectivity index (χ2n) is 8.34. The summed E-state index contributed by atoms with van der Waals surface area (Å²) >= 11 is 0. The number of nitrogens with two attached hydrogens (primary N) is 2. The summed E-state index contributed by atoms with van der Waals surface area (Å²) in [5, 5.41) is 14.2. The number of carboxylic acid groups (broad SMARTS) is 1. The predicted octanol–water partition coefficient (Wildman–Crippen LogP) is -0.446. The van der Waals surface area contributed by atoms with Gasteiger partial charge in [0.2, 0.25) is 17.7 Å². The lowest BCUT2D eigenvalue weighted by atomic mass is 10.0. The van der Waals surface area contributed by atoms with Crippen molar-refractivity contribution in [1.82, 2.24) is 15.5 Å². The molecule has 4 atom stereocenters. The number of aliphatic carboxylic acids is 1. The van der Waals surface area contributed by atoms with Gasteiger partial charge in [0.05, 0.1) is 6.04 Å². The van der Waals surface area contributed by atoms with E-state index in [1.165, 1.54) is 11.8 Å². The van der Waals surface area contributed by atoms with Crippen molar-refractivity contribution in [3.8, 4) is 0 Å². The normalized spacial score (nSPS) is 19.3. The van der Waals surface area contributed by atoms with Crippen molar-refractivity contribution >= 4 is 23.7 Å². The summed E-state index contributed by atoms with van der Waals surface area (Å²) in [6.07, 6.45) is 3.32. The molecule has 0 aromatic rings. The molecule has 1 aliphatic heterocycles. The lowest BCUT2D eigenvalue weighted by Gasteiger charge is -2.30. The molecule has 30 heavy (non-hydrogen) atoms. The van der Waals surface area contributed by atoms with Crippen LogP contribution in [-0.2, 0) is 19.2 Å². The fourth-order valence-corrected chi connectivity index (χ4v) is 3.52. The maximum atomic E-state index is 13.2. The van der Waals surface area contributed by atoms with Crippen molar-refractivity contribution in [1.29, 1.82) is 0 Å². The molecule has 3 amide bonds. The highest BCUT2D eigenvalue weighted by molar-refractivity contribution is 5.94. The van der Waals surface area contributed by atoms with Crippen LogP contribution in [0.1, 0.15) is 59.3 Å². The van der Waals surface area contributed by atoms with E-state index >= 15 is 0 Å². The Hall–Kier alpha value is -2.20. The number of hydrogen-bond acceptors (Lipinski definition) is 6. The van der Waals surface area contributed by atoms with Crippen molar-refractivity contribution in [2.75, 3.05) is 13.1 Å². The number of carbonyl (C=O) groups is 4. The lowest BCUT2D eigenvalue weighted by Crippen LogP contribution is -2.56. The zero-order valence-corrected chi connectivity index (χ0v) is 18.2. The maximum absolute atomic E-state index is 13.2. The van der Waals surface area contributed by atoms with Crippen molar-refractivity contribution in [3.63, 3.8) is 0 Å². The van der Waals surface area contributed by atoms with Crippen molar-refractivity contribution in [2.24, 2.45) is 17.4 Å². The van der Waals surface area contributed by atoms with Crippen LogP contribution < -0.4 is 22.1 Å². The van der Waals surface area contributed by atoms with Crippen LogP contribution in [-0.4, -0.2) is 71.0 Å². The zero-order valence-electron chi connectivity index (χ0n) is 18.2. The molecule has 0 aromatic heterocycles.